The molecule has 2 N–H and O–H groups in total. The van der Waals surface area contributed by atoms with Crippen LogP contribution in [-0.2, 0) is 6.54 Å². The minimum Gasteiger partial charge on any atom is -0.372 e. The van der Waals surface area contributed by atoms with Crippen LogP contribution in [0, 0.1) is 0 Å². The van der Waals surface area contributed by atoms with Crippen molar-refractivity contribution in [2.45, 2.75) is 25.8 Å². The first-order chi connectivity index (χ1) is 14.3. The highest BCUT2D eigenvalue weighted by atomic mass is 16.1. The average molecular weight is 387 g/mol. The van der Waals surface area contributed by atoms with Gasteiger partial charge in [-0.15, -0.1) is 0 Å². The van der Waals surface area contributed by atoms with Crippen molar-refractivity contribution in [1.82, 2.24) is 15.3 Å². The summed E-state index contributed by atoms with van der Waals surface area (Å²) < 4.78 is 0. The van der Waals surface area contributed by atoms with E-state index in [0.29, 0.717) is 18.1 Å². The lowest BCUT2D eigenvalue weighted by atomic mass is 10.1. The molecule has 1 amide bonds. The van der Waals surface area contributed by atoms with Crippen LogP contribution in [0.4, 0.5) is 17.2 Å². The average Bonchev–Trinajstić information content (AvgIpc) is 2.79. The molecule has 1 saturated heterocycles. The van der Waals surface area contributed by atoms with Gasteiger partial charge in [0, 0.05) is 37.1 Å². The largest absolute Gasteiger partial charge is 0.372 e. The Morgan fingerprint density at radius 2 is 1.69 bits per heavy atom. The SMILES string of the molecule is O=C(NCc1ccccc1)c1cc(Nc2ccc(N3CCCCC3)cc2)ncn1. The molecule has 0 bridgehead atoms. The van der Waals surface area contributed by atoms with Gasteiger partial charge >= 0.3 is 0 Å². The number of hydrogen-bond acceptors (Lipinski definition) is 5. The summed E-state index contributed by atoms with van der Waals surface area (Å²) in [5.41, 5.74) is 3.56. The number of nitrogens with one attached hydrogen (secondary N) is 2. The molecule has 0 radical (unpaired) electrons. The van der Waals surface area contributed by atoms with Crippen LogP contribution in [0.5, 0.6) is 0 Å². The number of carbonyl (C=O) groups is 1. The summed E-state index contributed by atoms with van der Waals surface area (Å²) in [5, 5.41) is 6.14. The van der Waals surface area contributed by atoms with Gasteiger partial charge in [0.05, 0.1) is 0 Å². The Morgan fingerprint density at radius 3 is 2.45 bits per heavy atom. The van der Waals surface area contributed by atoms with Crippen molar-refractivity contribution in [1.29, 1.82) is 0 Å². The van der Waals surface area contributed by atoms with E-state index in [0.717, 1.165) is 24.3 Å². The summed E-state index contributed by atoms with van der Waals surface area (Å²) >= 11 is 0. The molecule has 1 aliphatic rings. The van der Waals surface area contributed by atoms with Crippen LogP contribution >= 0.6 is 0 Å². The standard InChI is InChI=1S/C23H25N5O/c29-23(24-16-18-7-3-1-4-8-18)21-15-22(26-17-25-21)27-19-9-11-20(12-10-19)28-13-5-2-6-14-28/h1,3-4,7-12,15,17H,2,5-6,13-14,16H2,(H,24,29)(H,25,26,27). The lowest BCUT2D eigenvalue weighted by Gasteiger charge is -2.28. The number of amides is 1. The number of benzene rings is 2. The Labute approximate surface area is 171 Å². The Kier molecular flexibility index (Phi) is 6.00. The molecule has 2 aromatic carbocycles. The minimum absolute atomic E-state index is 0.222. The third-order valence-corrected chi connectivity index (χ3v) is 5.06. The molecule has 0 saturated carbocycles. The Morgan fingerprint density at radius 1 is 0.931 bits per heavy atom. The van der Waals surface area contributed by atoms with E-state index in [-0.39, 0.29) is 5.91 Å². The molecule has 1 aromatic heterocycles. The van der Waals surface area contributed by atoms with Crippen molar-refractivity contribution in [3.8, 4) is 0 Å². The number of anilines is 3. The van der Waals surface area contributed by atoms with Gasteiger partial charge < -0.3 is 15.5 Å². The molecule has 4 rings (SSSR count). The maximum Gasteiger partial charge on any atom is 0.270 e. The van der Waals surface area contributed by atoms with Gasteiger partial charge in [0.25, 0.3) is 5.91 Å². The summed E-state index contributed by atoms with van der Waals surface area (Å²) in [5.74, 6) is 0.371. The van der Waals surface area contributed by atoms with Gasteiger partial charge in [-0.2, -0.15) is 0 Å². The smallest absolute Gasteiger partial charge is 0.270 e. The number of rotatable bonds is 6. The zero-order valence-electron chi connectivity index (χ0n) is 16.3. The molecule has 6 nitrogen and oxygen atoms in total. The van der Waals surface area contributed by atoms with E-state index in [2.05, 4.69) is 37.6 Å². The topological polar surface area (TPSA) is 70.2 Å². The highest BCUT2D eigenvalue weighted by Gasteiger charge is 2.11. The Balaban J connectivity index is 1.37. The van der Waals surface area contributed by atoms with Crippen LogP contribution in [0.15, 0.2) is 67.0 Å². The first-order valence-corrected chi connectivity index (χ1v) is 10.0. The van der Waals surface area contributed by atoms with E-state index in [1.54, 1.807) is 6.07 Å². The first kappa shape index (κ1) is 18.9. The molecular weight excluding hydrogens is 362 g/mol. The van der Waals surface area contributed by atoms with E-state index < -0.39 is 0 Å². The molecule has 0 atom stereocenters. The third kappa shape index (κ3) is 5.10. The van der Waals surface area contributed by atoms with Crippen LogP contribution in [0.2, 0.25) is 0 Å². The molecule has 29 heavy (non-hydrogen) atoms. The van der Waals surface area contributed by atoms with Crippen molar-refractivity contribution in [2.75, 3.05) is 23.3 Å². The van der Waals surface area contributed by atoms with E-state index in [1.807, 2.05) is 42.5 Å². The highest BCUT2D eigenvalue weighted by molar-refractivity contribution is 5.92. The number of hydrogen-bond donors (Lipinski definition) is 2. The molecule has 2 heterocycles. The number of carbonyl (C=O) groups excluding carboxylic acids is 1. The zero-order valence-corrected chi connectivity index (χ0v) is 16.3. The first-order valence-electron chi connectivity index (χ1n) is 10.0. The summed E-state index contributed by atoms with van der Waals surface area (Å²) in [7, 11) is 0. The minimum atomic E-state index is -0.222. The highest BCUT2D eigenvalue weighted by Crippen LogP contribution is 2.23. The van der Waals surface area contributed by atoms with Crippen LogP contribution in [-0.4, -0.2) is 29.0 Å². The van der Waals surface area contributed by atoms with E-state index in [4.69, 9.17) is 0 Å². The van der Waals surface area contributed by atoms with Gasteiger partial charge in [-0.1, -0.05) is 30.3 Å². The quantitative estimate of drug-likeness (QED) is 0.665. The number of piperidine rings is 1. The second kappa shape index (κ2) is 9.19. The van der Waals surface area contributed by atoms with Crippen molar-refractivity contribution in [3.63, 3.8) is 0 Å². The maximum absolute atomic E-state index is 12.4. The van der Waals surface area contributed by atoms with Gasteiger partial charge in [0.15, 0.2) is 0 Å². The molecule has 148 valence electrons. The van der Waals surface area contributed by atoms with Gasteiger partial charge in [-0.25, -0.2) is 9.97 Å². The summed E-state index contributed by atoms with van der Waals surface area (Å²) in [6, 6.07) is 19.8. The fraction of sp³-hybridized carbons (Fsp3) is 0.261. The summed E-state index contributed by atoms with van der Waals surface area (Å²) in [6.07, 6.45) is 5.25. The molecule has 1 fully saturated rings. The van der Waals surface area contributed by atoms with E-state index >= 15 is 0 Å². The fourth-order valence-electron chi connectivity index (χ4n) is 3.47. The summed E-state index contributed by atoms with van der Waals surface area (Å²) in [6.45, 7) is 2.71. The second-order valence-electron chi connectivity index (χ2n) is 7.18. The van der Waals surface area contributed by atoms with Crippen LogP contribution in [0.25, 0.3) is 0 Å². The number of aromatic nitrogens is 2. The Hall–Kier alpha value is -3.41. The monoisotopic (exact) mass is 387 g/mol. The van der Waals surface area contributed by atoms with Crippen molar-refractivity contribution in [3.05, 3.63) is 78.2 Å². The molecule has 0 aliphatic carbocycles. The predicted molar refractivity (Wildman–Crippen MR) is 115 cm³/mol. The second-order valence-corrected chi connectivity index (χ2v) is 7.18. The molecule has 3 aromatic rings. The van der Waals surface area contributed by atoms with Gasteiger partial charge in [-0.3, -0.25) is 4.79 Å². The zero-order chi connectivity index (χ0) is 19.9. The van der Waals surface area contributed by atoms with Gasteiger partial charge in [0.1, 0.15) is 17.8 Å². The van der Waals surface area contributed by atoms with E-state index in [1.165, 1.54) is 31.3 Å². The third-order valence-electron chi connectivity index (χ3n) is 5.06. The molecule has 0 unspecified atom stereocenters. The summed E-state index contributed by atoms with van der Waals surface area (Å²) in [4.78, 5) is 23.2. The predicted octanol–water partition coefficient (Wildman–Crippen LogP) is 4.14. The molecule has 6 heteroatoms. The molecule has 0 spiro atoms. The lowest BCUT2D eigenvalue weighted by molar-refractivity contribution is 0.0946. The van der Waals surface area contributed by atoms with Gasteiger partial charge in [-0.05, 0) is 49.1 Å². The van der Waals surface area contributed by atoms with Crippen LogP contribution in [0.1, 0.15) is 35.3 Å². The van der Waals surface area contributed by atoms with Crippen molar-refractivity contribution in [2.24, 2.45) is 0 Å². The normalized spacial score (nSPS) is 13.7. The van der Waals surface area contributed by atoms with Gasteiger partial charge in [0.2, 0.25) is 0 Å². The molecule has 1 aliphatic heterocycles. The lowest BCUT2D eigenvalue weighted by Crippen LogP contribution is -2.29. The van der Waals surface area contributed by atoms with Crippen molar-refractivity contribution < 1.29 is 4.79 Å². The Bertz CT molecular complexity index is 937. The van der Waals surface area contributed by atoms with Crippen LogP contribution in [0.3, 0.4) is 0 Å². The molecular formula is C23H25N5O. The van der Waals surface area contributed by atoms with Crippen LogP contribution < -0.4 is 15.5 Å². The van der Waals surface area contributed by atoms with E-state index in [9.17, 15) is 4.79 Å². The number of nitrogens with zero attached hydrogens (tertiary/aromatic N) is 3. The fourth-order valence-corrected chi connectivity index (χ4v) is 3.47. The maximum atomic E-state index is 12.4. The van der Waals surface area contributed by atoms with Crippen molar-refractivity contribution >= 4 is 23.1 Å².